The Balaban J connectivity index is 1.65. The van der Waals surface area contributed by atoms with Gasteiger partial charge in [0.15, 0.2) is 0 Å². The Morgan fingerprint density at radius 1 is 1.16 bits per heavy atom. The van der Waals surface area contributed by atoms with Crippen molar-refractivity contribution in [3.05, 3.63) is 35.9 Å². The maximum absolute atomic E-state index is 12.3. The lowest BCUT2D eigenvalue weighted by molar-refractivity contribution is -0.117. The van der Waals surface area contributed by atoms with Gasteiger partial charge in [-0.25, -0.2) is 4.79 Å². The topological polar surface area (TPSA) is 49.9 Å². The van der Waals surface area contributed by atoms with Gasteiger partial charge >= 0.3 is 6.09 Å². The van der Waals surface area contributed by atoms with E-state index >= 15 is 0 Å². The molecule has 0 aromatic heterocycles. The zero-order valence-corrected chi connectivity index (χ0v) is 15.5. The predicted molar refractivity (Wildman–Crippen MR) is 96.2 cm³/mol. The smallest absolute Gasteiger partial charge is 0.410 e. The Hall–Kier alpha value is -1.88. The van der Waals surface area contributed by atoms with Gasteiger partial charge in [0.05, 0.1) is 6.54 Å². The van der Waals surface area contributed by atoms with Crippen LogP contribution in [0, 0.1) is 0 Å². The van der Waals surface area contributed by atoms with E-state index in [1.54, 1.807) is 4.90 Å². The highest BCUT2D eigenvalue weighted by Crippen LogP contribution is 2.38. The molecule has 1 spiro atoms. The first kappa shape index (κ1) is 17.9. The molecule has 0 radical (unpaired) electrons. The van der Waals surface area contributed by atoms with Crippen molar-refractivity contribution in [2.24, 2.45) is 0 Å². The Labute approximate surface area is 149 Å². The molecule has 25 heavy (non-hydrogen) atoms. The molecule has 2 aliphatic heterocycles. The number of hydrogen-bond donors (Lipinski definition) is 0. The summed E-state index contributed by atoms with van der Waals surface area (Å²) in [7, 11) is 0. The molecule has 1 amide bonds. The molecule has 0 N–H and O–H groups in total. The molecule has 136 valence electrons. The van der Waals surface area contributed by atoms with Crippen molar-refractivity contribution in [2.45, 2.75) is 57.7 Å². The number of amides is 1. The zero-order valence-electron chi connectivity index (χ0n) is 15.5. The third-order valence-electron chi connectivity index (χ3n) is 5.13. The fourth-order valence-corrected chi connectivity index (χ4v) is 3.87. The lowest BCUT2D eigenvalue weighted by Crippen LogP contribution is -2.53. The normalized spacial score (nSPS) is 20.9. The van der Waals surface area contributed by atoms with Crippen LogP contribution in [0.1, 0.15) is 45.6 Å². The molecule has 2 saturated heterocycles. The maximum atomic E-state index is 12.3. The standard InChI is InChI=1S/C20H28N2O3/c1-19(2,3)25-18(24)21-11-9-20(10-12-21)13-17(23)15-22(20)14-16-7-5-4-6-8-16/h4-8H,9-15H2,1-3H3. The van der Waals surface area contributed by atoms with E-state index in [-0.39, 0.29) is 11.6 Å². The van der Waals surface area contributed by atoms with Gasteiger partial charge in [-0.3, -0.25) is 9.69 Å². The molecule has 0 atom stereocenters. The summed E-state index contributed by atoms with van der Waals surface area (Å²) in [5.41, 5.74) is 0.645. The monoisotopic (exact) mass is 344 g/mol. The molecule has 2 aliphatic rings. The molecule has 3 rings (SSSR count). The fourth-order valence-electron chi connectivity index (χ4n) is 3.87. The van der Waals surface area contributed by atoms with Crippen molar-refractivity contribution in [3.8, 4) is 0 Å². The number of piperidine rings is 1. The summed E-state index contributed by atoms with van der Waals surface area (Å²) in [5.74, 6) is 0.307. The van der Waals surface area contributed by atoms with E-state index in [4.69, 9.17) is 4.74 Å². The molecular formula is C20H28N2O3. The highest BCUT2D eigenvalue weighted by molar-refractivity contribution is 5.84. The van der Waals surface area contributed by atoms with E-state index in [0.717, 1.165) is 19.4 Å². The maximum Gasteiger partial charge on any atom is 0.410 e. The molecule has 1 aromatic rings. The van der Waals surface area contributed by atoms with E-state index in [0.29, 0.717) is 31.8 Å². The summed E-state index contributed by atoms with van der Waals surface area (Å²) in [6.45, 7) is 8.25. The lowest BCUT2D eigenvalue weighted by Gasteiger charge is -2.44. The van der Waals surface area contributed by atoms with Crippen LogP contribution in [0.4, 0.5) is 4.79 Å². The Morgan fingerprint density at radius 2 is 1.80 bits per heavy atom. The second-order valence-electron chi connectivity index (χ2n) is 8.25. The van der Waals surface area contributed by atoms with Crippen molar-refractivity contribution in [1.29, 1.82) is 0 Å². The van der Waals surface area contributed by atoms with Gasteiger partial charge < -0.3 is 9.64 Å². The third kappa shape index (κ3) is 4.21. The quantitative estimate of drug-likeness (QED) is 0.826. The van der Waals surface area contributed by atoms with E-state index in [1.807, 2.05) is 39.0 Å². The van der Waals surface area contributed by atoms with E-state index in [9.17, 15) is 9.59 Å². The van der Waals surface area contributed by atoms with Gasteiger partial charge in [0.1, 0.15) is 11.4 Å². The average molecular weight is 344 g/mol. The van der Waals surface area contributed by atoms with E-state index in [1.165, 1.54) is 5.56 Å². The SMILES string of the molecule is CC(C)(C)OC(=O)N1CCC2(CC1)CC(=O)CN2Cc1ccccc1. The molecule has 0 aliphatic carbocycles. The predicted octanol–water partition coefficient (Wildman–Crippen LogP) is 3.23. The Bertz CT molecular complexity index is 628. The molecule has 0 bridgehead atoms. The number of nitrogens with zero attached hydrogens (tertiary/aromatic N) is 2. The first-order valence-corrected chi connectivity index (χ1v) is 9.06. The minimum atomic E-state index is -0.477. The largest absolute Gasteiger partial charge is 0.444 e. The Morgan fingerprint density at radius 3 is 2.40 bits per heavy atom. The van der Waals surface area contributed by atoms with Crippen molar-refractivity contribution in [2.75, 3.05) is 19.6 Å². The second-order valence-corrected chi connectivity index (χ2v) is 8.25. The summed E-state index contributed by atoms with van der Waals surface area (Å²) in [6.07, 6.45) is 2.00. The number of ketones is 1. The fraction of sp³-hybridized carbons (Fsp3) is 0.600. The van der Waals surface area contributed by atoms with Gasteiger partial charge in [-0.15, -0.1) is 0 Å². The number of carbonyl (C=O) groups excluding carboxylic acids is 2. The van der Waals surface area contributed by atoms with Crippen molar-refractivity contribution >= 4 is 11.9 Å². The summed E-state index contributed by atoms with van der Waals surface area (Å²) in [5, 5.41) is 0. The van der Waals surface area contributed by atoms with Crippen molar-refractivity contribution in [1.82, 2.24) is 9.80 Å². The Kier molecular flexibility index (Phi) is 4.87. The molecule has 2 heterocycles. The summed E-state index contributed by atoms with van der Waals surface area (Å²) in [4.78, 5) is 28.5. The average Bonchev–Trinajstić information content (AvgIpc) is 2.82. The molecule has 5 nitrogen and oxygen atoms in total. The van der Waals surface area contributed by atoms with Gasteiger partial charge in [0, 0.05) is 31.6 Å². The number of carbonyl (C=O) groups is 2. The molecule has 1 aromatic carbocycles. The lowest BCUT2D eigenvalue weighted by atomic mass is 9.84. The van der Waals surface area contributed by atoms with Gasteiger partial charge in [-0.1, -0.05) is 30.3 Å². The van der Waals surface area contributed by atoms with Crippen LogP contribution >= 0.6 is 0 Å². The van der Waals surface area contributed by atoms with Crippen LogP contribution < -0.4 is 0 Å². The van der Waals surface area contributed by atoms with E-state index < -0.39 is 5.60 Å². The molecule has 0 saturated carbocycles. The van der Waals surface area contributed by atoms with Gasteiger partial charge in [-0.05, 0) is 39.2 Å². The zero-order chi connectivity index (χ0) is 18.1. The number of benzene rings is 1. The van der Waals surface area contributed by atoms with Crippen LogP contribution in [0.15, 0.2) is 30.3 Å². The first-order valence-electron chi connectivity index (χ1n) is 9.06. The summed E-state index contributed by atoms with van der Waals surface area (Å²) >= 11 is 0. The third-order valence-corrected chi connectivity index (χ3v) is 5.13. The minimum absolute atomic E-state index is 0.106. The minimum Gasteiger partial charge on any atom is -0.444 e. The molecule has 0 unspecified atom stereocenters. The summed E-state index contributed by atoms with van der Waals surface area (Å²) < 4.78 is 5.48. The number of Topliss-reactive ketones (excluding diaryl/α,β-unsaturated/α-hetero) is 1. The number of hydrogen-bond acceptors (Lipinski definition) is 4. The highest BCUT2D eigenvalue weighted by atomic mass is 16.6. The van der Waals surface area contributed by atoms with Crippen molar-refractivity contribution < 1.29 is 14.3 Å². The number of rotatable bonds is 2. The van der Waals surface area contributed by atoms with Crippen LogP contribution in [0.2, 0.25) is 0 Å². The second kappa shape index (κ2) is 6.79. The summed E-state index contributed by atoms with van der Waals surface area (Å²) in [6, 6.07) is 10.3. The first-order chi connectivity index (χ1) is 11.8. The molecular weight excluding hydrogens is 316 g/mol. The van der Waals surface area contributed by atoms with Crippen molar-refractivity contribution in [3.63, 3.8) is 0 Å². The van der Waals surface area contributed by atoms with Gasteiger partial charge in [-0.2, -0.15) is 0 Å². The number of likely N-dealkylation sites (tertiary alicyclic amines) is 2. The van der Waals surface area contributed by atoms with Crippen LogP contribution in [0.5, 0.6) is 0 Å². The van der Waals surface area contributed by atoms with Crippen LogP contribution in [-0.2, 0) is 16.1 Å². The van der Waals surface area contributed by atoms with Gasteiger partial charge in [0.25, 0.3) is 0 Å². The van der Waals surface area contributed by atoms with E-state index in [2.05, 4.69) is 17.0 Å². The van der Waals surface area contributed by atoms with Crippen LogP contribution in [-0.4, -0.2) is 52.5 Å². The van der Waals surface area contributed by atoms with Gasteiger partial charge in [0.2, 0.25) is 0 Å². The van der Waals surface area contributed by atoms with Crippen LogP contribution in [0.3, 0.4) is 0 Å². The molecule has 2 fully saturated rings. The molecule has 5 heteroatoms. The highest BCUT2D eigenvalue weighted by Gasteiger charge is 2.47. The number of ether oxygens (including phenoxy) is 1. The van der Waals surface area contributed by atoms with Crippen LogP contribution in [0.25, 0.3) is 0 Å².